The van der Waals surface area contributed by atoms with Gasteiger partial charge in [-0.3, -0.25) is 14.4 Å². The number of para-hydroxylation sites is 2. The van der Waals surface area contributed by atoms with Gasteiger partial charge in [0.25, 0.3) is 0 Å². The van der Waals surface area contributed by atoms with Gasteiger partial charge in [0.15, 0.2) is 5.78 Å². The first-order valence-electron chi connectivity index (χ1n) is 18.8. The molecule has 7 rings (SSSR count). The molecule has 3 unspecified atom stereocenters. The van der Waals surface area contributed by atoms with E-state index in [9.17, 15) is 14.4 Å². The minimum atomic E-state index is -2.65. The number of esters is 2. The average molecular weight is 819 g/mol. The molecule has 4 aromatic carbocycles. The summed E-state index contributed by atoms with van der Waals surface area (Å²) in [7, 11) is 5.05. The van der Waals surface area contributed by atoms with Crippen molar-refractivity contribution in [2.45, 2.75) is 50.5 Å². The highest BCUT2D eigenvalue weighted by atomic mass is 32.9. The topological polar surface area (TPSA) is 104 Å². The second kappa shape index (κ2) is 20.9. The van der Waals surface area contributed by atoms with E-state index in [1.807, 2.05) is 54.6 Å². The van der Waals surface area contributed by atoms with Crippen LogP contribution < -0.4 is 9.64 Å². The van der Waals surface area contributed by atoms with E-state index in [0.717, 1.165) is 43.0 Å². The Labute approximate surface area is 339 Å². The van der Waals surface area contributed by atoms with E-state index in [0.29, 0.717) is 23.8 Å². The lowest BCUT2D eigenvalue weighted by atomic mass is 9.96. The average Bonchev–Trinajstić information content (AvgIpc) is 3.35. The molecule has 0 bridgehead atoms. The second-order valence-electron chi connectivity index (χ2n) is 13.3. The van der Waals surface area contributed by atoms with Gasteiger partial charge in [0.2, 0.25) is 5.69 Å². The zero-order valence-electron chi connectivity index (χ0n) is 32.6. The zero-order chi connectivity index (χ0) is 40.1. The Morgan fingerprint density at radius 2 is 1.50 bits per heavy atom. The van der Waals surface area contributed by atoms with Gasteiger partial charge in [0.05, 0.1) is 37.7 Å². The molecule has 56 heavy (non-hydrogen) atoms. The SMILES string of the molecule is CCOC(=O)CC(SP(=S)(OC)OC)C(=O)OCC.CN1CCN2c3ccccc3Cc3ccccc3C2C1.O=C1CC(c2ccccc2)Oc2ccccc21. The first kappa shape index (κ1) is 43.1. The van der Waals surface area contributed by atoms with Crippen molar-refractivity contribution >= 4 is 52.3 Å². The maximum atomic E-state index is 12.0. The van der Waals surface area contributed by atoms with E-state index < -0.39 is 22.9 Å². The van der Waals surface area contributed by atoms with Crippen molar-refractivity contribution in [2.24, 2.45) is 0 Å². The number of carbonyl (C=O) groups excluding carboxylic acids is 3. The number of likely N-dealkylation sites (N-methyl/N-ethyl adjacent to an activating group) is 1. The van der Waals surface area contributed by atoms with Crippen LogP contribution in [0.3, 0.4) is 0 Å². The van der Waals surface area contributed by atoms with E-state index in [1.165, 1.54) is 36.6 Å². The summed E-state index contributed by atoms with van der Waals surface area (Å²) >= 11 is 6.17. The molecule has 3 atom stereocenters. The van der Waals surface area contributed by atoms with E-state index in [-0.39, 0.29) is 31.5 Å². The molecule has 0 N–H and O–H groups in total. The summed E-state index contributed by atoms with van der Waals surface area (Å²) in [6.07, 6.45) is 1.20. The van der Waals surface area contributed by atoms with Crippen molar-refractivity contribution in [3.63, 3.8) is 0 Å². The predicted octanol–water partition coefficient (Wildman–Crippen LogP) is 8.60. The fraction of sp³-hybridized carbons (Fsp3) is 0.372. The molecule has 1 fully saturated rings. The molecule has 3 heterocycles. The van der Waals surface area contributed by atoms with Gasteiger partial charge in [-0.05, 0) is 79.6 Å². The van der Waals surface area contributed by atoms with Crippen molar-refractivity contribution in [1.29, 1.82) is 0 Å². The number of nitrogens with zero attached hydrogens (tertiary/aromatic N) is 2. The Kier molecular flexibility index (Phi) is 16.1. The van der Waals surface area contributed by atoms with Gasteiger partial charge in [0, 0.05) is 39.5 Å². The molecule has 0 amide bonds. The van der Waals surface area contributed by atoms with Gasteiger partial charge in [-0.1, -0.05) is 96.3 Å². The van der Waals surface area contributed by atoms with Crippen LogP contribution >= 0.6 is 17.1 Å². The number of rotatable bonds is 10. The summed E-state index contributed by atoms with van der Waals surface area (Å²) in [5.41, 5.74) is 4.99. The Balaban J connectivity index is 0.000000161. The highest BCUT2D eigenvalue weighted by molar-refractivity contribution is 8.68. The van der Waals surface area contributed by atoms with E-state index in [2.05, 4.69) is 65.4 Å². The molecule has 298 valence electrons. The minimum absolute atomic E-state index is 0.123. The molecule has 3 aliphatic heterocycles. The largest absolute Gasteiger partial charge is 0.484 e. The number of hydrogen-bond donors (Lipinski definition) is 0. The Bertz CT molecular complexity index is 1970. The smallest absolute Gasteiger partial charge is 0.320 e. The van der Waals surface area contributed by atoms with Crippen molar-refractivity contribution in [1.82, 2.24) is 4.90 Å². The normalized spacial score (nSPS) is 17.7. The maximum absolute atomic E-state index is 12.0. The number of ketones is 1. The predicted molar refractivity (Wildman–Crippen MR) is 226 cm³/mol. The van der Waals surface area contributed by atoms with Crippen LogP contribution in [0.2, 0.25) is 0 Å². The van der Waals surface area contributed by atoms with Crippen LogP contribution in [-0.2, 0) is 46.3 Å². The Hall–Kier alpha value is -4.03. The van der Waals surface area contributed by atoms with Crippen LogP contribution in [0.1, 0.15) is 71.4 Å². The second-order valence-corrected chi connectivity index (χ2v) is 19.9. The van der Waals surface area contributed by atoms with Crippen molar-refractivity contribution in [3.05, 3.63) is 131 Å². The molecule has 3 aliphatic rings. The number of anilines is 1. The maximum Gasteiger partial charge on any atom is 0.320 e. The quantitative estimate of drug-likeness (QED) is 0.113. The molecule has 0 aliphatic carbocycles. The number of ether oxygens (including phenoxy) is 3. The Morgan fingerprint density at radius 1 is 0.857 bits per heavy atom. The number of hydrogen-bond acceptors (Lipinski definition) is 12. The number of benzene rings is 4. The monoisotopic (exact) mass is 818 g/mol. The molecular weight excluding hydrogens is 768 g/mol. The fourth-order valence-corrected chi connectivity index (χ4v) is 10.7. The molecular formula is C43H51N2O8PS2. The zero-order valence-corrected chi connectivity index (χ0v) is 35.2. The summed E-state index contributed by atoms with van der Waals surface area (Å²) < 4.78 is 25.8. The molecule has 0 aromatic heterocycles. The summed E-state index contributed by atoms with van der Waals surface area (Å²) in [5, 5.41) is -0.787. The summed E-state index contributed by atoms with van der Waals surface area (Å²) in [6.45, 7) is 7.24. The third-order valence-corrected chi connectivity index (χ3v) is 15.5. The summed E-state index contributed by atoms with van der Waals surface area (Å²) in [6, 6.07) is 35.7. The number of fused-ring (bicyclic) bond motifs is 6. The highest BCUT2D eigenvalue weighted by Crippen LogP contribution is 2.62. The number of carbonyl (C=O) groups is 3. The molecule has 13 heteroatoms. The van der Waals surface area contributed by atoms with Gasteiger partial charge in [-0.25, -0.2) is 0 Å². The van der Waals surface area contributed by atoms with Crippen molar-refractivity contribution < 1.29 is 37.6 Å². The van der Waals surface area contributed by atoms with E-state index in [4.69, 9.17) is 35.1 Å². The van der Waals surface area contributed by atoms with Crippen LogP contribution in [0.15, 0.2) is 103 Å². The van der Waals surface area contributed by atoms with Gasteiger partial charge < -0.3 is 33.1 Å². The molecule has 0 saturated carbocycles. The lowest BCUT2D eigenvalue weighted by Gasteiger charge is -2.41. The Morgan fingerprint density at radius 3 is 2.21 bits per heavy atom. The molecule has 0 radical (unpaired) electrons. The van der Waals surface area contributed by atoms with Gasteiger partial charge in [-0.2, -0.15) is 0 Å². The summed E-state index contributed by atoms with van der Waals surface area (Å²) in [5.74, 6) is -0.163. The fourth-order valence-electron chi connectivity index (χ4n) is 6.85. The lowest BCUT2D eigenvalue weighted by Crippen LogP contribution is -2.46. The van der Waals surface area contributed by atoms with E-state index in [1.54, 1.807) is 13.8 Å². The van der Waals surface area contributed by atoms with E-state index >= 15 is 0 Å². The van der Waals surface area contributed by atoms with Crippen LogP contribution in [0.5, 0.6) is 5.75 Å². The van der Waals surface area contributed by atoms with Gasteiger partial charge in [-0.15, -0.1) is 0 Å². The third-order valence-electron chi connectivity index (χ3n) is 9.59. The number of piperazine rings is 1. The third kappa shape index (κ3) is 11.3. The minimum Gasteiger partial charge on any atom is -0.484 e. The van der Waals surface area contributed by atoms with Gasteiger partial charge in [0.1, 0.15) is 17.1 Å². The standard InChI is InChI=1S/C18H20N2.C15H12O2.C10H19O6PS2/c1-19-10-11-20-17-9-5-3-7-15(17)12-14-6-2-4-8-16(14)18(20)13-19;16-13-10-15(11-6-2-1-3-7-11)17-14-9-5-4-8-12(13)14;1-5-15-9(11)7-8(10(12)16-6-2)19-17(18,13-3)14-4/h2-9,18H,10-13H2,1H3;1-9,15H,10H2;8H,5-7H2,1-4H3. The van der Waals surface area contributed by atoms with Crippen molar-refractivity contribution in [3.8, 4) is 5.75 Å². The van der Waals surface area contributed by atoms with Crippen LogP contribution in [0, 0.1) is 0 Å². The molecule has 1 saturated heterocycles. The molecule has 10 nitrogen and oxygen atoms in total. The van der Waals surface area contributed by atoms with Crippen LogP contribution in [0.25, 0.3) is 0 Å². The molecule has 0 spiro atoms. The molecule has 4 aromatic rings. The lowest BCUT2D eigenvalue weighted by molar-refractivity contribution is -0.149. The van der Waals surface area contributed by atoms with Crippen molar-refractivity contribution in [2.75, 3.05) is 59.0 Å². The number of Topliss-reactive ketones (excluding diaryl/α,β-unsaturated/α-hetero) is 1. The first-order valence-corrected chi connectivity index (χ1v) is 22.9. The summed E-state index contributed by atoms with van der Waals surface area (Å²) in [4.78, 5) is 40.3. The van der Waals surface area contributed by atoms with Gasteiger partial charge >= 0.3 is 11.9 Å². The van der Waals surface area contributed by atoms with Crippen LogP contribution in [-0.4, -0.2) is 82.0 Å². The van der Waals surface area contributed by atoms with Crippen LogP contribution in [0.4, 0.5) is 5.69 Å². The highest BCUT2D eigenvalue weighted by Gasteiger charge is 2.33. The first-order chi connectivity index (χ1) is 27.1.